The third kappa shape index (κ3) is 3.17. The first-order valence-electron chi connectivity index (χ1n) is 4.25. The maximum atomic E-state index is 11.7. The summed E-state index contributed by atoms with van der Waals surface area (Å²) in [6.07, 6.45) is 4.90. The molecule has 1 aromatic carbocycles. The van der Waals surface area contributed by atoms with Crippen molar-refractivity contribution in [2.45, 2.75) is 4.90 Å². The van der Waals surface area contributed by atoms with Gasteiger partial charge in [0.15, 0.2) is 4.90 Å². The summed E-state index contributed by atoms with van der Waals surface area (Å²) < 4.78 is 25.4. The number of nitro groups is 1. The molecule has 1 rings (SSSR count). The zero-order chi connectivity index (χ0) is 13.1. The molecule has 0 saturated heterocycles. The number of halogens is 1. The molecule has 0 atom stereocenters. The number of nitro benzene ring substituents is 1. The lowest BCUT2D eigenvalue weighted by molar-refractivity contribution is -0.387. The molecule has 0 fully saturated rings. The summed E-state index contributed by atoms with van der Waals surface area (Å²) in [5.74, 6) is 2.07. The van der Waals surface area contributed by atoms with Crippen molar-refractivity contribution in [3.8, 4) is 12.3 Å². The van der Waals surface area contributed by atoms with Crippen LogP contribution >= 0.6 is 11.6 Å². The number of hydrogen-bond acceptors (Lipinski definition) is 4. The number of hydrogen-bond donors (Lipinski definition) is 1. The Morgan fingerprint density at radius 1 is 1.53 bits per heavy atom. The molecule has 0 amide bonds. The Hall–Kier alpha value is -1.62. The molecule has 17 heavy (non-hydrogen) atoms. The summed E-state index contributed by atoms with van der Waals surface area (Å²) in [7, 11) is -4.01. The van der Waals surface area contributed by atoms with Crippen LogP contribution in [0.15, 0.2) is 23.1 Å². The van der Waals surface area contributed by atoms with Crippen LogP contribution in [0.25, 0.3) is 0 Å². The molecule has 0 heterocycles. The highest BCUT2D eigenvalue weighted by Gasteiger charge is 2.25. The van der Waals surface area contributed by atoms with E-state index in [4.69, 9.17) is 18.0 Å². The normalized spacial score (nSPS) is 10.8. The van der Waals surface area contributed by atoms with E-state index in [2.05, 4.69) is 5.92 Å². The first kappa shape index (κ1) is 13.4. The van der Waals surface area contributed by atoms with Crippen LogP contribution < -0.4 is 4.72 Å². The quantitative estimate of drug-likeness (QED) is 0.507. The number of terminal acetylenes is 1. The van der Waals surface area contributed by atoms with Gasteiger partial charge in [-0.25, -0.2) is 8.42 Å². The van der Waals surface area contributed by atoms with Gasteiger partial charge in [-0.3, -0.25) is 10.1 Å². The zero-order valence-corrected chi connectivity index (χ0v) is 9.96. The van der Waals surface area contributed by atoms with Crippen molar-refractivity contribution >= 4 is 27.3 Å². The molecule has 0 aliphatic heterocycles. The highest BCUT2D eigenvalue weighted by atomic mass is 35.5. The Bertz CT molecular complexity index is 592. The second-order valence-electron chi connectivity index (χ2n) is 2.90. The van der Waals surface area contributed by atoms with Gasteiger partial charge in [0.2, 0.25) is 10.0 Å². The van der Waals surface area contributed by atoms with E-state index in [9.17, 15) is 18.5 Å². The fourth-order valence-electron chi connectivity index (χ4n) is 1.07. The molecule has 6 nitrogen and oxygen atoms in total. The largest absolute Gasteiger partial charge is 0.290 e. The highest BCUT2D eigenvalue weighted by Crippen LogP contribution is 2.26. The lowest BCUT2D eigenvalue weighted by atomic mass is 10.3. The molecule has 0 aromatic heterocycles. The molecule has 0 aliphatic carbocycles. The summed E-state index contributed by atoms with van der Waals surface area (Å²) in [5, 5.41) is 10.8. The topological polar surface area (TPSA) is 89.3 Å². The number of sulfonamides is 1. The van der Waals surface area contributed by atoms with E-state index >= 15 is 0 Å². The number of rotatable bonds is 4. The monoisotopic (exact) mass is 274 g/mol. The van der Waals surface area contributed by atoms with Gasteiger partial charge in [-0.05, 0) is 12.1 Å². The predicted octanol–water partition coefficient (Wildman–Crippen LogP) is 1.16. The van der Waals surface area contributed by atoms with Crippen LogP contribution in [0.5, 0.6) is 0 Å². The molecule has 0 bridgehead atoms. The van der Waals surface area contributed by atoms with Crippen LogP contribution in [-0.2, 0) is 10.0 Å². The van der Waals surface area contributed by atoms with Gasteiger partial charge in [0.1, 0.15) is 0 Å². The minimum atomic E-state index is -4.01. The minimum Gasteiger partial charge on any atom is -0.258 e. The van der Waals surface area contributed by atoms with Gasteiger partial charge in [0.05, 0.1) is 11.5 Å². The SMILES string of the molecule is C#CCNS(=O)(=O)c1ccc(Cl)cc1[N+](=O)[O-]. The van der Waals surface area contributed by atoms with Crippen molar-refractivity contribution < 1.29 is 13.3 Å². The van der Waals surface area contributed by atoms with Crippen molar-refractivity contribution in [3.63, 3.8) is 0 Å². The molecular formula is C9H7ClN2O4S. The van der Waals surface area contributed by atoms with Crippen LogP contribution in [0.4, 0.5) is 5.69 Å². The fourth-order valence-corrected chi connectivity index (χ4v) is 2.33. The number of benzene rings is 1. The Kier molecular flexibility index (Phi) is 4.07. The Labute approximate surface area is 103 Å². The molecule has 1 N–H and O–H groups in total. The van der Waals surface area contributed by atoms with E-state index in [1.807, 2.05) is 4.72 Å². The molecule has 1 aromatic rings. The van der Waals surface area contributed by atoms with Gasteiger partial charge < -0.3 is 0 Å². The Balaban J connectivity index is 3.32. The van der Waals surface area contributed by atoms with Crippen LogP contribution in [-0.4, -0.2) is 19.9 Å². The van der Waals surface area contributed by atoms with Crippen LogP contribution in [0.3, 0.4) is 0 Å². The summed E-state index contributed by atoms with van der Waals surface area (Å²) in [4.78, 5) is 9.42. The number of nitrogens with zero attached hydrogens (tertiary/aromatic N) is 1. The first-order chi connectivity index (χ1) is 7.88. The van der Waals surface area contributed by atoms with E-state index in [0.29, 0.717) is 0 Å². The molecule has 0 unspecified atom stereocenters. The van der Waals surface area contributed by atoms with Crippen LogP contribution in [0, 0.1) is 22.5 Å². The Morgan fingerprint density at radius 2 is 2.18 bits per heavy atom. The first-order valence-corrected chi connectivity index (χ1v) is 6.11. The van der Waals surface area contributed by atoms with E-state index < -0.39 is 25.5 Å². The molecule has 0 radical (unpaired) electrons. The average Bonchev–Trinajstić information content (AvgIpc) is 2.26. The van der Waals surface area contributed by atoms with Gasteiger partial charge in [0, 0.05) is 11.1 Å². The number of nitrogens with one attached hydrogen (secondary N) is 1. The fraction of sp³-hybridized carbons (Fsp3) is 0.111. The van der Waals surface area contributed by atoms with Gasteiger partial charge in [-0.15, -0.1) is 6.42 Å². The second kappa shape index (κ2) is 5.14. The standard InChI is InChI=1S/C9H7ClN2O4S/c1-2-5-11-17(15,16)9-4-3-7(10)6-8(9)12(13)14/h1,3-4,6,11H,5H2. The van der Waals surface area contributed by atoms with E-state index in [-0.39, 0.29) is 11.6 Å². The van der Waals surface area contributed by atoms with Crippen LogP contribution in [0.2, 0.25) is 5.02 Å². The molecule has 90 valence electrons. The second-order valence-corrected chi connectivity index (χ2v) is 5.07. The van der Waals surface area contributed by atoms with Crippen molar-refractivity contribution in [3.05, 3.63) is 33.3 Å². The molecule has 0 aliphatic rings. The lowest BCUT2D eigenvalue weighted by Crippen LogP contribution is -2.24. The lowest BCUT2D eigenvalue weighted by Gasteiger charge is -2.04. The third-order valence-corrected chi connectivity index (χ3v) is 3.46. The summed E-state index contributed by atoms with van der Waals surface area (Å²) >= 11 is 5.56. The van der Waals surface area contributed by atoms with Gasteiger partial charge >= 0.3 is 0 Å². The van der Waals surface area contributed by atoms with Crippen molar-refractivity contribution in [1.29, 1.82) is 0 Å². The van der Waals surface area contributed by atoms with E-state index in [0.717, 1.165) is 12.1 Å². The van der Waals surface area contributed by atoms with E-state index in [1.54, 1.807) is 0 Å². The predicted molar refractivity (Wildman–Crippen MR) is 62.1 cm³/mol. The average molecular weight is 275 g/mol. The highest BCUT2D eigenvalue weighted by molar-refractivity contribution is 7.89. The van der Waals surface area contributed by atoms with Crippen molar-refractivity contribution in [2.24, 2.45) is 0 Å². The maximum absolute atomic E-state index is 11.7. The summed E-state index contributed by atoms with van der Waals surface area (Å²) in [6, 6.07) is 3.27. The van der Waals surface area contributed by atoms with E-state index in [1.165, 1.54) is 6.07 Å². The molecule has 0 saturated carbocycles. The van der Waals surface area contributed by atoms with Gasteiger partial charge in [-0.2, -0.15) is 4.72 Å². The molecule has 0 spiro atoms. The summed E-state index contributed by atoms with van der Waals surface area (Å²) in [5.41, 5.74) is -0.595. The summed E-state index contributed by atoms with van der Waals surface area (Å²) in [6.45, 7) is -0.248. The van der Waals surface area contributed by atoms with Crippen LogP contribution in [0.1, 0.15) is 0 Å². The molecule has 8 heteroatoms. The third-order valence-electron chi connectivity index (χ3n) is 1.77. The van der Waals surface area contributed by atoms with Gasteiger partial charge in [0.25, 0.3) is 5.69 Å². The Morgan fingerprint density at radius 3 is 2.71 bits per heavy atom. The maximum Gasteiger partial charge on any atom is 0.290 e. The molecular weight excluding hydrogens is 268 g/mol. The zero-order valence-electron chi connectivity index (χ0n) is 8.38. The smallest absolute Gasteiger partial charge is 0.258 e. The van der Waals surface area contributed by atoms with Crippen molar-refractivity contribution in [1.82, 2.24) is 4.72 Å². The van der Waals surface area contributed by atoms with Gasteiger partial charge in [-0.1, -0.05) is 17.5 Å². The minimum absolute atomic E-state index is 0.0765. The van der Waals surface area contributed by atoms with Crippen molar-refractivity contribution in [2.75, 3.05) is 6.54 Å².